The second-order valence-electron chi connectivity index (χ2n) is 6.28. The van der Waals surface area contributed by atoms with Crippen molar-refractivity contribution in [3.05, 3.63) is 35.9 Å². The smallest absolute Gasteiger partial charge is 0.316 e. The Kier molecular flexibility index (Phi) is 4.10. The minimum atomic E-state index is -2.15. The number of rotatable bonds is 4. The summed E-state index contributed by atoms with van der Waals surface area (Å²) in [4.78, 5) is 26.0. The van der Waals surface area contributed by atoms with Crippen LogP contribution >= 0.6 is 0 Å². The number of carbonyl (C=O) groups excluding carboxylic acids is 2. The van der Waals surface area contributed by atoms with Crippen LogP contribution in [0.2, 0.25) is 0 Å². The lowest BCUT2D eigenvalue weighted by molar-refractivity contribution is -0.157. The highest BCUT2D eigenvalue weighted by Gasteiger charge is 2.77. The maximum atomic E-state index is 15.0. The summed E-state index contributed by atoms with van der Waals surface area (Å²) in [5.74, 6) is -1.29. The van der Waals surface area contributed by atoms with Crippen molar-refractivity contribution in [2.75, 3.05) is 26.3 Å². The average Bonchev–Trinajstić information content (AvgIpc) is 3.18. The molecule has 1 amide bonds. The van der Waals surface area contributed by atoms with E-state index in [9.17, 15) is 14.0 Å². The van der Waals surface area contributed by atoms with E-state index in [-0.39, 0.29) is 13.0 Å². The van der Waals surface area contributed by atoms with Crippen LogP contribution in [-0.4, -0.2) is 48.7 Å². The molecule has 1 aromatic carbocycles. The molecule has 5 nitrogen and oxygen atoms in total. The third kappa shape index (κ3) is 2.83. The van der Waals surface area contributed by atoms with Crippen LogP contribution in [0.5, 0.6) is 0 Å². The number of carbonyl (C=O) groups is 2. The summed E-state index contributed by atoms with van der Waals surface area (Å²) in [6.07, 6.45) is -0.121. The maximum Gasteiger partial charge on any atom is 0.316 e. The monoisotopic (exact) mass is 321 g/mol. The lowest BCUT2D eigenvalue weighted by Crippen LogP contribution is -2.47. The first-order chi connectivity index (χ1) is 11.0. The van der Waals surface area contributed by atoms with Crippen molar-refractivity contribution >= 4 is 11.9 Å². The van der Waals surface area contributed by atoms with Crippen LogP contribution in [0.15, 0.2) is 30.3 Å². The Morgan fingerprint density at radius 3 is 2.57 bits per heavy atom. The number of hydrogen-bond donors (Lipinski definition) is 0. The standard InChI is InChI=1S/C17H20FNO4/c1-16(15(21)23-11-13-5-3-2-4-6-13)12-17(16,18)14(20)19-7-9-22-10-8-19/h2-6H,7-12H2,1H3/t16-,17+/m1/s1. The van der Waals surface area contributed by atoms with E-state index in [4.69, 9.17) is 9.47 Å². The van der Waals surface area contributed by atoms with Gasteiger partial charge in [-0.15, -0.1) is 0 Å². The van der Waals surface area contributed by atoms with Gasteiger partial charge in [-0.05, 0) is 12.5 Å². The van der Waals surface area contributed by atoms with Gasteiger partial charge in [-0.3, -0.25) is 9.59 Å². The summed E-state index contributed by atoms with van der Waals surface area (Å²) in [7, 11) is 0. The van der Waals surface area contributed by atoms with Crippen LogP contribution in [0, 0.1) is 5.41 Å². The number of halogens is 1. The van der Waals surface area contributed by atoms with Gasteiger partial charge in [0.25, 0.3) is 5.91 Å². The molecule has 1 aromatic rings. The molecule has 3 rings (SSSR count). The van der Waals surface area contributed by atoms with Gasteiger partial charge in [0.15, 0.2) is 0 Å². The predicted octanol–water partition coefficient (Wildman–Crippen LogP) is 1.71. The van der Waals surface area contributed by atoms with Crippen LogP contribution in [0.4, 0.5) is 4.39 Å². The molecule has 1 aliphatic heterocycles. The topological polar surface area (TPSA) is 55.8 Å². The van der Waals surface area contributed by atoms with E-state index in [0.717, 1.165) is 5.56 Å². The molecule has 0 spiro atoms. The zero-order valence-corrected chi connectivity index (χ0v) is 13.1. The van der Waals surface area contributed by atoms with E-state index >= 15 is 0 Å². The number of esters is 1. The van der Waals surface area contributed by atoms with E-state index in [0.29, 0.717) is 26.3 Å². The minimum absolute atomic E-state index is 0.0804. The zero-order chi connectivity index (χ0) is 16.5. The predicted molar refractivity (Wildman–Crippen MR) is 80.2 cm³/mol. The van der Waals surface area contributed by atoms with Crippen LogP contribution in [0.25, 0.3) is 0 Å². The van der Waals surface area contributed by atoms with Gasteiger partial charge in [0.1, 0.15) is 12.0 Å². The summed E-state index contributed by atoms with van der Waals surface area (Å²) >= 11 is 0. The first-order valence-corrected chi connectivity index (χ1v) is 7.74. The van der Waals surface area contributed by atoms with E-state index < -0.39 is 23.0 Å². The summed E-state index contributed by atoms with van der Waals surface area (Å²) in [5, 5.41) is 0. The van der Waals surface area contributed by atoms with Crippen molar-refractivity contribution in [3.8, 4) is 0 Å². The van der Waals surface area contributed by atoms with Gasteiger partial charge in [-0.25, -0.2) is 4.39 Å². The molecule has 2 aliphatic rings. The number of benzene rings is 1. The quantitative estimate of drug-likeness (QED) is 0.792. The molecule has 0 unspecified atom stereocenters. The highest BCUT2D eigenvalue weighted by Crippen LogP contribution is 2.60. The van der Waals surface area contributed by atoms with E-state index in [1.54, 1.807) is 0 Å². The lowest BCUT2D eigenvalue weighted by Gasteiger charge is -2.29. The number of alkyl halides is 1. The van der Waals surface area contributed by atoms with Crippen LogP contribution in [0.1, 0.15) is 18.9 Å². The Bertz CT molecular complexity index is 602. The molecule has 1 saturated heterocycles. The molecule has 0 aromatic heterocycles. The summed E-state index contributed by atoms with van der Waals surface area (Å²) in [6, 6.07) is 9.18. The number of morpholine rings is 1. The van der Waals surface area contributed by atoms with E-state index in [2.05, 4.69) is 0 Å². The van der Waals surface area contributed by atoms with Crippen LogP contribution < -0.4 is 0 Å². The fourth-order valence-corrected chi connectivity index (χ4v) is 2.89. The molecule has 1 saturated carbocycles. The van der Waals surface area contributed by atoms with Crippen molar-refractivity contribution in [2.45, 2.75) is 25.6 Å². The molecule has 1 heterocycles. The van der Waals surface area contributed by atoms with Gasteiger partial charge < -0.3 is 14.4 Å². The number of hydrogen-bond acceptors (Lipinski definition) is 4. The molecule has 0 N–H and O–H groups in total. The number of nitrogens with zero attached hydrogens (tertiary/aromatic N) is 1. The molecule has 6 heteroatoms. The fourth-order valence-electron chi connectivity index (χ4n) is 2.89. The Labute approximate surface area is 134 Å². The minimum Gasteiger partial charge on any atom is -0.460 e. The average molecular weight is 321 g/mol. The van der Waals surface area contributed by atoms with Gasteiger partial charge in [-0.2, -0.15) is 0 Å². The molecule has 2 fully saturated rings. The highest BCUT2D eigenvalue weighted by atomic mass is 19.1. The summed E-state index contributed by atoms with van der Waals surface area (Å²) in [6.45, 7) is 3.06. The van der Waals surface area contributed by atoms with Crippen molar-refractivity contribution in [2.24, 2.45) is 5.41 Å². The molecule has 23 heavy (non-hydrogen) atoms. The first kappa shape index (κ1) is 15.9. The second kappa shape index (κ2) is 5.92. The van der Waals surface area contributed by atoms with Crippen LogP contribution in [-0.2, 0) is 25.7 Å². The van der Waals surface area contributed by atoms with Crippen molar-refractivity contribution in [1.29, 1.82) is 0 Å². The Balaban J connectivity index is 1.61. The van der Waals surface area contributed by atoms with Crippen molar-refractivity contribution < 1.29 is 23.5 Å². The van der Waals surface area contributed by atoms with Crippen molar-refractivity contribution in [3.63, 3.8) is 0 Å². The van der Waals surface area contributed by atoms with Crippen LogP contribution in [0.3, 0.4) is 0 Å². The van der Waals surface area contributed by atoms with E-state index in [1.165, 1.54) is 11.8 Å². The molecule has 0 bridgehead atoms. The Morgan fingerprint density at radius 1 is 1.26 bits per heavy atom. The number of ether oxygens (including phenoxy) is 2. The largest absolute Gasteiger partial charge is 0.460 e. The van der Waals surface area contributed by atoms with Gasteiger partial charge in [-0.1, -0.05) is 30.3 Å². The summed E-state index contributed by atoms with van der Waals surface area (Å²) in [5.41, 5.74) is -2.72. The van der Waals surface area contributed by atoms with E-state index in [1.807, 2.05) is 30.3 Å². The highest BCUT2D eigenvalue weighted by molar-refractivity contribution is 5.99. The lowest BCUT2D eigenvalue weighted by atomic mass is 10.0. The first-order valence-electron chi connectivity index (χ1n) is 7.74. The summed E-state index contributed by atoms with van der Waals surface area (Å²) < 4.78 is 25.3. The van der Waals surface area contributed by atoms with Gasteiger partial charge in [0, 0.05) is 19.5 Å². The molecular formula is C17H20FNO4. The molecule has 2 atom stereocenters. The SMILES string of the molecule is C[C@]1(C(=O)OCc2ccccc2)C[C@]1(F)C(=O)N1CCOCC1. The van der Waals surface area contributed by atoms with Crippen molar-refractivity contribution in [1.82, 2.24) is 4.90 Å². The van der Waals surface area contributed by atoms with Gasteiger partial charge >= 0.3 is 5.97 Å². The zero-order valence-electron chi connectivity index (χ0n) is 13.1. The molecule has 124 valence electrons. The Morgan fingerprint density at radius 2 is 1.91 bits per heavy atom. The fraction of sp³-hybridized carbons (Fsp3) is 0.529. The van der Waals surface area contributed by atoms with Gasteiger partial charge in [0.05, 0.1) is 13.2 Å². The Hall–Kier alpha value is -1.95. The number of amides is 1. The molecule has 1 aliphatic carbocycles. The third-order valence-electron chi connectivity index (χ3n) is 4.65. The molecule has 0 radical (unpaired) electrons. The maximum absolute atomic E-state index is 15.0. The molecular weight excluding hydrogens is 301 g/mol. The normalized spacial score (nSPS) is 29.9. The third-order valence-corrected chi connectivity index (χ3v) is 4.65. The second-order valence-corrected chi connectivity index (χ2v) is 6.28. The van der Waals surface area contributed by atoms with Gasteiger partial charge in [0.2, 0.25) is 5.67 Å².